The van der Waals surface area contributed by atoms with Gasteiger partial charge in [0.05, 0.1) is 11.4 Å². The van der Waals surface area contributed by atoms with Gasteiger partial charge >= 0.3 is 0 Å². The molecule has 6 rings (SSSR count). The van der Waals surface area contributed by atoms with Crippen LogP contribution in [0.25, 0.3) is 55.2 Å². The van der Waals surface area contributed by atoms with E-state index in [1.807, 2.05) is 42.5 Å². The average molecular weight is 443 g/mol. The van der Waals surface area contributed by atoms with Crippen molar-refractivity contribution in [3.05, 3.63) is 127 Å². The van der Waals surface area contributed by atoms with Gasteiger partial charge in [-0.15, -0.1) is 0 Å². The van der Waals surface area contributed by atoms with Crippen LogP contribution in [0.4, 0.5) is 8.78 Å². The van der Waals surface area contributed by atoms with Gasteiger partial charge in [-0.25, -0.2) is 13.8 Å². The lowest BCUT2D eigenvalue weighted by atomic mass is 9.90. The minimum absolute atomic E-state index is 0.282. The Balaban J connectivity index is 1.80. The van der Waals surface area contributed by atoms with Gasteiger partial charge in [0.2, 0.25) is 0 Å². The molecule has 1 aromatic heterocycles. The van der Waals surface area contributed by atoms with Crippen molar-refractivity contribution in [3.63, 3.8) is 0 Å². The molecule has 0 bridgehead atoms. The second kappa shape index (κ2) is 8.20. The van der Waals surface area contributed by atoms with Crippen molar-refractivity contribution in [2.24, 2.45) is 0 Å². The number of hydrogen-bond acceptors (Lipinski definition) is 1. The average Bonchev–Trinajstić information content (AvgIpc) is 2.88. The van der Waals surface area contributed by atoms with Gasteiger partial charge in [0, 0.05) is 22.1 Å². The number of rotatable bonds is 3. The number of halogens is 2. The van der Waals surface area contributed by atoms with Crippen molar-refractivity contribution in [1.29, 1.82) is 0 Å². The monoisotopic (exact) mass is 443 g/mol. The van der Waals surface area contributed by atoms with Crippen LogP contribution in [0.5, 0.6) is 0 Å². The van der Waals surface area contributed by atoms with Crippen LogP contribution in [-0.4, -0.2) is 4.98 Å². The maximum absolute atomic E-state index is 13.8. The molecule has 162 valence electrons. The van der Waals surface area contributed by atoms with Crippen molar-refractivity contribution in [1.82, 2.24) is 4.98 Å². The highest BCUT2D eigenvalue weighted by atomic mass is 19.1. The van der Waals surface area contributed by atoms with Gasteiger partial charge in [0.15, 0.2) is 0 Å². The summed E-state index contributed by atoms with van der Waals surface area (Å²) in [4.78, 5) is 5.16. The van der Waals surface area contributed by atoms with Gasteiger partial charge < -0.3 is 0 Å². The van der Waals surface area contributed by atoms with Crippen molar-refractivity contribution in [2.75, 3.05) is 0 Å². The van der Waals surface area contributed by atoms with Crippen LogP contribution in [0.2, 0.25) is 0 Å². The highest BCUT2D eigenvalue weighted by molar-refractivity contribution is 6.12. The van der Waals surface area contributed by atoms with E-state index in [9.17, 15) is 8.78 Å². The third kappa shape index (κ3) is 3.52. The quantitative estimate of drug-likeness (QED) is 0.249. The van der Waals surface area contributed by atoms with Crippen molar-refractivity contribution >= 4 is 21.5 Å². The Hall–Kier alpha value is -4.37. The SMILES string of the molecule is Fc1ccc(-c2nc(-c3ccccc3)c(-c3ccc(F)cc3)c3cc4ccccc4cc23)cc1. The fourth-order valence-corrected chi connectivity index (χ4v) is 4.54. The summed E-state index contributed by atoms with van der Waals surface area (Å²) in [6.45, 7) is 0. The molecule has 0 spiro atoms. The molecule has 1 nitrogen and oxygen atoms in total. The van der Waals surface area contributed by atoms with Crippen LogP contribution in [-0.2, 0) is 0 Å². The van der Waals surface area contributed by atoms with E-state index in [4.69, 9.17) is 4.98 Å². The molecule has 0 aliphatic carbocycles. The molecular formula is C31H19F2N. The van der Waals surface area contributed by atoms with Crippen LogP contribution >= 0.6 is 0 Å². The minimum Gasteiger partial charge on any atom is -0.246 e. The van der Waals surface area contributed by atoms with Crippen LogP contribution in [0.1, 0.15) is 0 Å². The van der Waals surface area contributed by atoms with Gasteiger partial charge in [-0.05, 0) is 70.3 Å². The topological polar surface area (TPSA) is 12.9 Å². The highest BCUT2D eigenvalue weighted by Crippen LogP contribution is 2.42. The Bertz CT molecular complexity index is 1640. The van der Waals surface area contributed by atoms with Gasteiger partial charge in [-0.3, -0.25) is 0 Å². The molecule has 34 heavy (non-hydrogen) atoms. The summed E-state index contributed by atoms with van der Waals surface area (Å²) in [5, 5.41) is 4.18. The van der Waals surface area contributed by atoms with E-state index in [2.05, 4.69) is 24.3 Å². The van der Waals surface area contributed by atoms with Crippen molar-refractivity contribution in [3.8, 4) is 33.6 Å². The molecule has 0 aliphatic heterocycles. The highest BCUT2D eigenvalue weighted by Gasteiger charge is 2.19. The van der Waals surface area contributed by atoms with Gasteiger partial charge in [-0.1, -0.05) is 66.7 Å². The van der Waals surface area contributed by atoms with Crippen molar-refractivity contribution < 1.29 is 8.78 Å². The number of benzene rings is 5. The van der Waals surface area contributed by atoms with E-state index in [0.717, 1.165) is 55.2 Å². The Labute approximate surface area is 196 Å². The molecule has 5 aromatic carbocycles. The predicted octanol–water partition coefficient (Wildman–Crippen LogP) is 8.67. The standard InChI is InChI=1S/C31H19F2N/c32-25-14-10-20(11-15-25)29-27-18-23-8-4-5-9-24(23)19-28(27)30(22-12-16-26(33)17-13-22)34-31(29)21-6-2-1-3-7-21/h1-19H. The van der Waals surface area contributed by atoms with Gasteiger partial charge in [0.1, 0.15) is 11.6 Å². The molecule has 1 heterocycles. The fourth-order valence-electron chi connectivity index (χ4n) is 4.54. The number of nitrogens with zero attached hydrogens (tertiary/aromatic N) is 1. The molecule has 0 fully saturated rings. The van der Waals surface area contributed by atoms with Crippen LogP contribution in [0, 0.1) is 11.6 Å². The first-order valence-electron chi connectivity index (χ1n) is 11.1. The summed E-state index contributed by atoms with van der Waals surface area (Å²) in [6.07, 6.45) is 0. The summed E-state index contributed by atoms with van der Waals surface area (Å²) in [5.74, 6) is -0.569. The normalized spacial score (nSPS) is 11.2. The first-order valence-corrected chi connectivity index (χ1v) is 11.1. The summed E-state index contributed by atoms with van der Waals surface area (Å²) in [5.41, 5.74) is 5.21. The summed E-state index contributed by atoms with van der Waals surface area (Å²) < 4.78 is 27.6. The predicted molar refractivity (Wildman–Crippen MR) is 135 cm³/mol. The Kier molecular flexibility index (Phi) is 4.88. The molecule has 6 aromatic rings. The van der Waals surface area contributed by atoms with E-state index in [1.54, 1.807) is 24.3 Å². The summed E-state index contributed by atoms with van der Waals surface area (Å²) in [6, 6.07) is 35.5. The molecule has 0 N–H and O–H groups in total. The van der Waals surface area contributed by atoms with E-state index < -0.39 is 0 Å². The lowest BCUT2D eigenvalue weighted by Gasteiger charge is -2.18. The van der Waals surface area contributed by atoms with Gasteiger partial charge in [-0.2, -0.15) is 0 Å². The van der Waals surface area contributed by atoms with Gasteiger partial charge in [0.25, 0.3) is 0 Å². The number of pyridine rings is 1. The molecule has 0 aliphatic rings. The van der Waals surface area contributed by atoms with E-state index in [-0.39, 0.29) is 11.6 Å². The number of fused-ring (bicyclic) bond motifs is 2. The van der Waals surface area contributed by atoms with E-state index in [0.29, 0.717) is 0 Å². The Morgan fingerprint density at radius 2 is 0.941 bits per heavy atom. The summed E-state index contributed by atoms with van der Waals surface area (Å²) >= 11 is 0. The molecule has 0 atom stereocenters. The van der Waals surface area contributed by atoms with Crippen molar-refractivity contribution in [2.45, 2.75) is 0 Å². The Morgan fingerprint density at radius 1 is 0.441 bits per heavy atom. The van der Waals surface area contributed by atoms with E-state index in [1.165, 1.54) is 24.3 Å². The third-order valence-electron chi connectivity index (χ3n) is 6.17. The van der Waals surface area contributed by atoms with E-state index >= 15 is 0 Å². The minimum atomic E-state index is -0.287. The lowest BCUT2D eigenvalue weighted by Crippen LogP contribution is -1.97. The van der Waals surface area contributed by atoms with Crippen LogP contribution in [0.3, 0.4) is 0 Å². The first-order chi connectivity index (χ1) is 16.7. The zero-order valence-electron chi connectivity index (χ0n) is 18.2. The zero-order valence-corrected chi connectivity index (χ0v) is 18.2. The molecule has 3 heteroatoms. The summed E-state index contributed by atoms with van der Waals surface area (Å²) in [7, 11) is 0. The van der Waals surface area contributed by atoms with Crippen LogP contribution in [0.15, 0.2) is 115 Å². The number of aromatic nitrogens is 1. The third-order valence-corrected chi connectivity index (χ3v) is 6.17. The molecule has 0 unspecified atom stereocenters. The smallest absolute Gasteiger partial charge is 0.123 e. The maximum atomic E-state index is 13.8. The zero-order chi connectivity index (χ0) is 23.1. The lowest BCUT2D eigenvalue weighted by molar-refractivity contribution is 0.627. The second-order valence-corrected chi connectivity index (χ2v) is 8.31. The number of hydrogen-bond donors (Lipinski definition) is 0. The Morgan fingerprint density at radius 3 is 1.56 bits per heavy atom. The molecule has 0 saturated carbocycles. The molecule has 0 amide bonds. The molecular weight excluding hydrogens is 424 g/mol. The maximum Gasteiger partial charge on any atom is 0.123 e. The first kappa shape index (κ1) is 20.3. The largest absolute Gasteiger partial charge is 0.246 e. The fraction of sp³-hybridized carbons (Fsp3) is 0. The second-order valence-electron chi connectivity index (χ2n) is 8.31. The molecule has 0 radical (unpaired) electrons. The molecule has 0 saturated heterocycles. The van der Waals surface area contributed by atoms with Crippen LogP contribution < -0.4 is 0 Å².